The number of nitro groups is 1. The molecule has 0 bridgehead atoms. The van der Waals surface area contributed by atoms with Crippen LogP contribution in [-0.4, -0.2) is 17.8 Å². The molecule has 24 heavy (non-hydrogen) atoms. The number of nitro benzene ring substituents is 1. The van der Waals surface area contributed by atoms with Gasteiger partial charge >= 0.3 is 0 Å². The first-order valence-corrected chi connectivity index (χ1v) is 7.41. The minimum absolute atomic E-state index is 0.0352. The molecule has 0 saturated carbocycles. The van der Waals surface area contributed by atoms with Crippen molar-refractivity contribution in [3.05, 3.63) is 75.9 Å². The number of non-ortho nitro benzene ring substituents is 1. The number of para-hydroxylation sites is 1. The molecule has 2 aliphatic heterocycles. The molecule has 4 rings (SSSR count). The highest BCUT2D eigenvalue weighted by Crippen LogP contribution is 2.40. The largest absolute Gasteiger partial charge is 0.496 e. The van der Waals surface area contributed by atoms with Gasteiger partial charge in [0.25, 0.3) is 5.69 Å². The number of rotatable bonds is 2. The molecule has 2 aromatic carbocycles. The molecule has 0 saturated heterocycles. The zero-order valence-electron chi connectivity index (χ0n) is 12.9. The van der Waals surface area contributed by atoms with Crippen LogP contribution in [0.15, 0.2) is 54.6 Å². The van der Waals surface area contributed by atoms with Gasteiger partial charge in [0.1, 0.15) is 11.5 Å². The average Bonchev–Trinajstić information content (AvgIpc) is 2.60. The van der Waals surface area contributed by atoms with Crippen LogP contribution in [0.25, 0.3) is 11.8 Å². The van der Waals surface area contributed by atoms with Gasteiger partial charge in [-0.25, -0.2) is 0 Å². The van der Waals surface area contributed by atoms with Gasteiger partial charge in [-0.2, -0.15) is 0 Å². The average molecular weight is 322 g/mol. The van der Waals surface area contributed by atoms with Gasteiger partial charge < -0.3 is 14.8 Å². The molecule has 2 aliphatic rings. The summed E-state index contributed by atoms with van der Waals surface area (Å²) in [5.74, 6) is 1.28. The normalized spacial score (nSPS) is 20.3. The molecular formula is C18H14N2O4. The third-order valence-corrected chi connectivity index (χ3v) is 4.08. The lowest BCUT2D eigenvalue weighted by molar-refractivity contribution is -0.384. The molecule has 2 aromatic rings. The van der Waals surface area contributed by atoms with E-state index in [4.69, 9.17) is 9.47 Å². The maximum absolute atomic E-state index is 10.9. The summed E-state index contributed by atoms with van der Waals surface area (Å²) >= 11 is 0. The van der Waals surface area contributed by atoms with Crippen molar-refractivity contribution in [1.82, 2.24) is 0 Å². The second-order valence-electron chi connectivity index (χ2n) is 5.59. The van der Waals surface area contributed by atoms with E-state index in [1.165, 1.54) is 12.1 Å². The smallest absolute Gasteiger partial charge is 0.270 e. The molecule has 0 amide bonds. The van der Waals surface area contributed by atoms with Gasteiger partial charge in [-0.1, -0.05) is 12.1 Å². The van der Waals surface area contributed by atoms with E-state index < -0.39 is 10.6 Å². The maximum atomic E-state index is 10.9. The van der Waals surface area contributed by atoms with Crippen LogP contribution < -0.4 is 10.1 Å². The summed E-state index contributed by atoms with van der Waals surface area (Å²) in [6.45, 7) is 0. The Kier molecular flexibility index (Phi) is 3.06. The summed E-state index contributed by atoms with van der Waals surface area (Å²) in [4.78, 5) is 10.5. The number of methoxy groups -OCH3 is 1. The van der Waals surface area contributed by atoms with Crippen molar-refractivity contribution in [2.75, 3.05) is 12.4 Å². The Labute approximate surface area is 138 Å². The van der Waals surface area contributed by atoms with Crippen LogP contribution in [0.4, 0.5) is 11.4 Å². The van der Waals surface area contributed by atoms with Crippen LogP contribution >= 0.6 is 0 Å². The van der Waals surface area contributed by atoms with Crippen LogP contribution in [0.1, 0.15) is 11.1 Å². The summed E-state index contributed by atoms with van der Waals surface area (Å²) < 4.78 is 11.6. The zero-order chi connectivity index (χ0) is 16.7. The molecule has 2 heterocycles. The summed E-state index contributed by atoms with van der Waals surface area (Å²) in [6, 6.07) is 12.3. The lowest BCUT2D eigenvalue weighted by Crippen LogP contribution is -2.44. The van der Waals surface area contributed by atoms with Gasteiger partial charge in [-0.15, -0.1) is 0 Å². The number of ether oxygens (including phenoxy) is 2. The van der Waals surface area contributed by atoms with Crippen molar-refractivity contribution in [3.8, 4) is 5.75 Å². The predicted molar refractivity (Wildman–Crippen MR) is 90.5 cm³/mol. The van der Waals surface area contributed by atoms with Gasteiger partial charge in [0, 0.05) is 35.0 Å². The molecule has 0 aromatic heterocycles. The van der Waals surface area contributed by atoms with E-state index in [2.05, 4.69) is 5.32 Å². The first-order valence-electron chi connectivity index (χ1n) is 7.41. The Bertz CT molecular complexity index is 904. The molecule has 6 heteroatoms. The minimum Gasteiger partial charge on any atom is -0.496 e. The van der Waals surface area contributed by atoms with Gasteiger partial charge in [0.2, 0.25) is 5.72 Å². The Morgan fingerprint density at radius 2 is 2.08 bits per heavy atom. The van der Waals surface area contributed by atoms with E-state index in [9.17, 15) is 10.1 Å². The van der Waals surface area contributed by atoms with Crippen LogP contribution in [0.2, 0.25) is 0 Å². The lowest BCUT2D eigenvalue weighted by atomic mass is 9.97. The Morgan fingerprint density at radius 3 is 2.88 bits per heavy atom. The van der Waals surface area contributed by atoms with Crippen LogP contribution in [-0.2, 0) is 4.74 Å². The molecule has 1 atom stereocenters. The standard InChI is InChI=1S/C18H14N2O4/c1-23-17-11-18(19-15-5-3-2-4-14(15)17)9-8-12-10-13(20(21)22)6-7-16(12)24-18/h2-11,19H,1H3/t18-/m1/s1. The van der Waals surface area contributed by atoms with E-state index in [0.717, 1.165) is 11.3 Å². The van der Waals surface area contributed by atoms with E-state index in [1.807, 2.05) is 42.5 Å². The maximum Gasteiger partial charge on any atom is 0.270 e. The van der Waals surface area contributed by atoms with Gasteiger partial charge in [-0.3, -0.25) is 10.1 Å². The number of anilines is 1. The zero-order valence-corrected chi connectivity index (χ0v) is 12.9. The molecule has 1 N–H and O–H groups in total. The molecular weight excluding hydrogens is 308 g/mol. The van der Waals surface area contributed by atoms with E-state index in [0.29, 0.717) is 17.1 Å². The first-order chi connectivity index (χ1) is 11.6. The monoisotopic (exact) mass is 322 g/mol. The number of benzene rings is 2. The molecule has 0 unspecified atom stereocenters. The Balaban J connectivity index is 1.76. The van der Waals surface area contributed by atoms with Crippen molar-refractivity contribution >= 4 is 23.2 Å². The van der Waals surface area contributed by atoms with Crippen LogP contribution in [0.3, 0.4) is 0 Å². The highest BCUT2D eigenvalue weighted by Gasteiger charge is 2.36. The number of hydrogen-bond acceptors (Lipinski definition) is 5. The molecule has 0 fully saturated rings. The van der Waals surface area contributed by atoms with Crippen molar-refractivity contribution in [1.29, 1.82) is 0 Å². The number of nitrogens with zero attached hydrogens (tertiary/aromatic N) is 1. The second kappa shape index (κ2) is 5.13. The van der Waals surface area contributed by atoms with Gasteiger partial charge in [-0.05, 0) is 30.4 Å². The van der Waals surface area contributed by atoms with Crippen LogP contribution in [0.5, 0.6) is 5.75 Å². The highest BCUT2D eigenvalue weighted by molar-refractivity contribution is 5.80. The molecule has 0 aliphatic carbocycles. The summed E-state index contributed by atoms with van der Waals surface area (Å²) in [5.41, 5.74) is 1.67. The lowest BCUT2D eigenvalue weighted by Gasteiger charge is -2.37. The fourth-order valence-electron chi connectivity index (χ4n) is 2.94. The van der Waals surface area contributed by atoms with Crippen molar-refractivity contribution in [2.24, 2.45) is 0 Å². The third-order valence-electron chi connectivity index (χ3n) is 4.08. The number of hydrogen-bond donors (Lipinski definition) is 1. The van der Waals surface area contributed by atoms with Crippen molar-refractivity contribution in [3.63, 3.8) is 0 Å². The molecule has 1 spiro atoms. The second-order valence-corrected chi connectivity index (χ2v) is 5.59. The van der Waals surface area contributed by atoms with E-state index >= 15 is 0 Å². The van der Waals surface area contributed by atoms with Crippen LogP contribution in [0, 0.1) is 10.1 Å². The highest BCUT2D eigenvalue weighted by atomic mass is 16.6. The van der Waals surface area contributed by atoms with Gasteiger partial charge in [0.05, 0.1) is 12.0 Å². The summed E-state index contributed by atoms with van der Waals surface area (Å²) in [7, 11) is 1.62. The number of fused-ring (bicyclic) bond motifs is 2. The predicted octanol–water partition coefficient (Wildman–Crippen LogP) is 3.81. The van der Waals surface area contributed by atoms with Crippen molar-refractivity contribution < 1.29 is 14.4 Å². The Hall–Kier alpha value is -3.28. The summed E-state index contributed by atoms with van der Waals surface area (Å²) in [5, 5.41) is 14.3. The van der Waals surface area contributed by atoms with Gasteiger partial charge in [0.15, 0.2) is 0 Å². The van der Waals surface area contributed by atoms with E-state index in [-0.39, 0.29) is 5.69 Å². The molecule has 120 valence electrons. The quantitative estimate of drug-likeness (QED) is 0.672. The summed E-state index contributed by atoms with van der Waals surface area (Å²) in [6.07, 6.45) is 5.50. The number of nitrogens with one attached hydrogen (secondary N) is 1. The fraction of sp³-hybridized carbons (Fsp3) is 0.111. The first kappa shape index (κ1) is 14.3. The fourth-order valence-corrected chi connectivity index (χ4v) is 2.94. The Morgan fingerprint density at radius 1 is 1.25 bits per heavy atom. The van der Waals surface area contributed by atoms with Crippen molar-refractivity contribution in [2.45, 2.75) is 5.72 Å². The SMILES string of the molecule is COC1=C[C@]2(C=Cc3cc([N+](=O)[O-])ccc3O2)Nc2ccccc21. The molecule has 6 nitrogen and oxygen atoms in total. The van der Waals surface area contributed by atoms with E-state index in [1.54, 1.807) is 13.2 Å². The molecule has 0 radical (unpaired) electrons. The minimum atomic E-state index is -0.886. The third kappa shape index (κ3) is 2.20. The topological polar surface area (TPSA) is 73.6 Å².